The molecule has 4 rings (SSSR count). The van der Waals surface area contributed by atoms with E-state index in [1.807, 2.05) is 12.1 Å². The molecule has 0 amide bonds. The van der Waals surface area contributed by atoms with E-state index in [9.17, 15) is 0 Å². The Bertz CT molecular complexity index is 864. The van der Waals surface area contributed by atoms with Crippen LogP contribution in [0, 0.1) is 0 Å². The highest BCUT2D eigenvalue weighted by Crippen LogP contribution is 2.33. The molecule has 1 aliphatic rings. The first-order chi connectivity index (χ1) is 12.2. The molecule has 0 spiro atoms. The van der Waals surface area contributed by atoms with Crippen molar-refractivity contribution < 1.29 is 4.74 Å². The van der Waals surface area contributed by atoms with Crippen molar-refractivity contribution >= 4 is 39.3 Å². The van der Waals surface area contributed by atoms with Crippen molar-refractivity contribution in [3.8, 4) is 5.75 Å². The Balaban J connectivity index is 1.49. The Morgan fingerprint density at radius 3 is 2.52 bits per heavy atom. The van der Waals surface area contributed by atoms with Crippen molar-refractivity contribution in [1.82, 2.24) is 14.8 Å². The normalized spacial score (nSPS) is 13.1. The van der Waals surface area contributed by atoms with Gasteiger partial charge in [-0.2, -0.15) is 0 Å². The highest BCUT2D eigenvalue weighted by atomic mass is 79.9. The van der Waals surface area contributed by atoms with Gasteiger partial charge >= 0.3 is 0 Å². The summed E-state index contributed by atoms with van der Waals surface area (Å²) < 4.78 is 8.51. The van der Waals surface area contributed by atoms with Crippen molar-refractivity contribution in [3.05, 3.63) is 58.6 Å². The number of thioether (sulfide) groups is 1. The predicted molar refractivity (Wildman–Crippen MR) is 104 cm³/mol. The van der Waals surface area contributed by atoms with Crippen LogP contribution in [0.25, 0.3) is 0 Å². The fraction of sp³-hybridized carbons (Fsp3) is 0.222. The standard InChI is InChI=1S/C18H17BrN4OS/c1-24-16-8-6-15(7-9-16)22-10-11-23-17(22)20-21-18(23)25-12-13-2-4-14(19)5-3-13/h2-9H,10-12H2,1H3. The molecule has 0 N–H and O–H groups in total. The molecule has 0 fully saturated rings. The van der Waals surface area contributed by atoms with Gasteiger partial charge in [-0.15, -0.1) is 10.2 Å². The zero-order valence-electron chi connectivity index (χ0n) is 13.7. The molecule has 25 heavy (non-hydrogen) atoms. The van der Waals surface area contributed by atoms with Crippen molar-refractivity contribution in [2.75, 3.05) is 18.6 Å². The van der Waals surface area contributed by atoms with Crippen LogP contribution in [0.5, 0.6) is 5.75 Å². The van der Waals surface area contributed by atoms with Crippen molar-refractivity contribution in [1.29, 1.82) is 0 Å². The van der Waals surface area contributed by atoms with Gasteiger partial charge in [0.25, 0.3) is 0 Å². The molecule has 0 atom stereocenters. The summed E-state index contributed by atoms with van der Waals surface area (Å²) in [6.07, 6.45) is 0. The van der Waals surface area contributed by atoms with Crippen molar-refractivity contribution in [2.45, 2.75) is 17.5 Å². The van der Waals surface area contributed by atoms with Crippen LogP contribution in [0.15, 0.2) is 58.2 Å². The van der Waals surface area contributed by atoms with Gasteiger partial charge in [0.1, 0.15) is 5.75 Å². The highest BCUT2D eigenvalue weighted by molar-refractivity contribution is 9.10. The molecule has 0 radical (unpaired) electrons. The molecule has 0 unspecified atom stereocenters. The number of rotatable bonds is 5. The zero-order chi connectivity index (χ0) is 17.2. The summed E-state index contributed by atoms with van der Waals surface area (Å²) in [5.41, 5.74) is 2.38. The summed E-state index contributed by atoms with van der Waals surface area (Å²) in [5.74, 6) is 2.65. The largest absolute Gasteiger partial charge is 0.497 e. The first kappa shape index (κ1) is 16.5. The maximum atomic E-state index is 5.23. The third kappa shape index (κ3) is 3.39. The van der Waals surface area contributed by atoms with Gasteiger partial charge < -0.3 is 9.64 Å². The third-order valence-corrected chi connectivity index (χ3v) is 5.72. The Morgan fingerprint density at radius 1 is 1.04 bits per heavy atom. The van der Waals surface area contributed by atoms with Gasteiger partial charge in [0, 0.05) is 29.0 Å². The smallest absolute Gasteiger partial charge is 0.232 e. The third-order valence-electron chi connectivity index (χ3n) is 4.15. The first-order valence-electron chi connectivity index (χ1n) is 7.96. The minimum Gasteiger partial charge on any atom is -0.497 e. The fourth-order valence-corrected chi connectivity index (χ4v) is 4.00. The Labute approximate surface area is 159 Å². The first-order valence-corrected chi connectivity index (χ1v) is 9.74. The number of fused-ring (bicyclic) bond motifs is 1. The molecule has 3 aromatic rings. The van der Waals surface area contributed by atoms with E-state index < -0.39 is 0 Å². The van der Waals surface area contributed by atoms with Crippen LogP contribution in [0.4, 0.5) is 11.6 Å². The second-order valence-corrected chi connectivity index (χ2v) is 7.56. The van der Waals surface area contributed by atoms with Gasteiger partial charge in [-0.25, -0.2) is 0 Å². The van der Waals surface area contributed by atoms with Crippen molar-refractivity contribution in [3.63, 3.8) is 0 Å². The average Bonchev–Trinajstić information content (AvgIpc) is 3.24. The van der Waals surface area contributed by atoms with Crippen LogP contribution < -0.4 is 9.64 Å². The van der Waals surface area contributed by atoms with E-state index in [2.05, 4.69) is 72.0 Å². The summed E-state index contributed by atoms with van der Waals surface area (Å²) in [7, 11) is 1.68. The van der Waals surface area contributed by atoms with Crippen LogP contribution in [0.3, 0.4) is 0 Å². The van der Waals surface area contributed by atoms with E-state index in [1.54, 1.807) is 18.9 Å². The van der Waals surface area contributed by atoms with E-state index in [4.69, 9.17) is 4.74 Å². The minimum atomic E-state index is 0.857. The summed E-state index contributed by atoms with van der Waals surface area (Å²) >= 11 is 5.19. The van der Waals surface area contributed by atoms with Crippen LogP contribution >= 0.6 is 27.7 Å². The van der Waals surface area contributed by atoms with E-state index in [-0.39, 0.29) is 0 Å². The fourth-order valence-electron chi connectivity index (χ4n) is 2.82. The van der Waals surface area contributed by atoms with Gasteiger partial charge in [-0.05, 0) is 42.0 Å². The Hall–Kier alpha value is -1.99. The van der Waals surface area contributed by atoms with Gasteiger partial charge in [0.15, 0.2) is 5.16 Å². The summed E-state index contributed by atoms with van der Waals surface area (Å²) in [5, 5.41) is 9.75. The van der Waals surface area contributed by atoms with Gasteiger partial charge in [0.05, 0.1) is 7.11 Å². The number of benzene rings is 2. The average molecular weight is 417 g/mol. The second kappa shape index (κ2) is 7.09. The molecule has 1 aromatic heterocycles. The molecular weight excluding hydrogens is 400 g/mol. The second-order valence-electron chi connectivity index (χ2n) is 5.70. The van der Waals surface area contributed by atoms with E-state index >= 15 is 0 Å². The Kier molecular flexibility index (Phi) is 4.67. The molecule has 0 saturated carbocycles. The molecule has 7 heteroatoms. The molecule has 0 aliphatic carbocycles. The SMILES string of the molecule is COc1ccc(N2CCn3c(SCc4ccc(Br)cc4)nnc32)cc1. The number of anilines is 2. The topological polar surface area (TPSA) is 43.2 Å². The number of ether oxygens (including phenoxy) is 1. The monoisotopic (exact) mass is 416 g/mol. The van der Waals surface area contributed by atoms with E-state index in [1.165, 1.54) is 5.56 Å². The number of hydrogen-bond acceptors (Lipinski definition) is 5. The van der Waals surface area contributed by atoms with E-state index in [0.717, 1.165) is 45.9 Å². The lowest BCUT2D eigenvalue weighted by Gasteiger charge is -2.15. The van der Waals surface area contributed by atoms with Crippen LogP contribution in [-0.4, -0.2) is 28.4 Å². The summed E-state index contributed by atoms with van der Waals surface area (Å²) in [4.78, 5) is 2.19. The maximum absolute atomic E-state index is 5.23. The molecule has 2 aromatic carbocycles. The van der Waals surface area contributed by atoms with Gasteiger partial charge in [0.2, 0.25) is 5.95 Å². The molecule has 1 aliphatic heterocycles. The lowest BCUT2D eigenvalue weighted by atomic mass is 10.2. The molecule has 0 saturated heterocycles. The predicted octanol–water partition coefficient (Wildman–Crippen LogP) is 4.49. The van der Waals surface area contributed by atoms with Crippen LogP contribution in [-0.2, 0) is 12.3 Å². The molecule has 2 heterocycles. The Morgan fingerprint density at radius 2 is 1.80 bits per heavy atom. The summed E-state index contributed by atoms with van der Waals surface area (Å²) in [6, 6.07) is 16.4. The minimum absolute atomic E-state index is 0.857. The van der Waals surface area contributed by atoms with Gasteiger partial charge in [-0.1, -0.05) is 39.8 Å². The van der Waals surface area contributed by atoms with Crippen LogP contribution in [0.2, 0.25) is 0 Å². The molecule has 0 bridgehead atoms. The number of methoxy groups -OCH3 is 1. The number of aromatic nitrogens is 3. The molecule has 128 valence electrons. The van der Waals surface area contributed by atoms with Gasteiger partial charge in [-0.3, -0.25) is 4.57 Å². The lowest BCUT2D eigenvalue weighted by Crippen LogP contribution is -2.14. The maximum Gasteiger partial charge on any atom is 0.232 e. The summed E-state index contributed by atoms with van der Waals surface area (Å²) in [6.45, 7) is 1.81. The molecule has 5 nitrogen and oxygen atoms in total. The quantitative estimate of drug-likeness (QED) is 0.573. The molecular formula is C18H17BrN4OS. The highest BCUT2D eigenvalue weighted by Gasteiger charge is 2.26. The number of halogens is 1. The van der Waals surface area contributed by atoms with Crippen molar-refractivity contribution in [2.24, 2.45) is 0 Å². The number of hydrogen-bond donors (Lipinski definition) is 0. The number of nitrogens with zero attached hydrogens (tertiary/aromatic N) is 4. The van der Waals surface area contributed by atoms with E-state index in [0.29, 0.717) is 0 Å². The zero-order valence-corrected chi connectivity index (χ0v) is 16.1. The van der Waals surface area contributed by atoms with Crippen LogP contribution in [0.1, 0.15) is 5.56 Å². The lowest BCUT2D eigenvalue weighted by molar-refractivity contribution is 0.415.